The van der Waals surface area contributed by atoms with E-state index in [9.17, 15) is 19.2 Å². The van der Waals surface area contributed by atoms with Gasteiger partial charge in [0, 0.05) is 5.69 Å². The van der Waals surface area contributed by atoms with Gasteiger partial charge in [-0.25, -0.2) is 14.5 Å². The first kappa shape index (κ1) is 24.7. The number of carbonyl (C=O) groups excluding carboxylic acids is 4. The van der Waals surface area contributed by atoms with Gasteiger partial charge in [-0.1, -0.05) is 41.4 Å². The van der Waals surface area contributed by atoms with Gasteiger partial charge in [0.25, 0.3) is 11.8 Å². The Bertz CT molecular complexity index is 1430. The van der Waals surface area contributed by atoms with Crippen molar-refractivity contribution in [2.75, 3.05) is 17.3 Å². The van der Waals surface area contributed by atoms with Crippen LogP contribution in [0.2, 0.25) is 0 Å². The van der Waals surface area contributed by atoms with Crippen molar-refractivity contribution in [3.05, 3.63) is 99.7 Å². The lowest BCUT2D eigenvalue weighted by Crippen LogP contribution is -2.33. The predicted molar refractivity (Wildman–Crippen MR) is 134 cm³/mol. The summed E-state index contributed by atoms with van der Waals surface area (Å²) in [6.45, 7) is 3.80. The standard InChI is InChI=1S/C27H21ClN2O6/c1-15-8-13-21(16(2)14-15)36-26(33)17-9-11-18(12-10-17)29-23-22(28)24(31)30(25(23)32)20-7-5-4-6-19(20)27(34)35-3/h4-14,29H,1-3H3. The van der Waals surface area contributed by atoms with E-state index in [4.69, 9.17) is 21.1 Å². The number of nitrogens with zero attached hydrogens (tertiary/aromatic N) is 1. The van der Waals surface area contributed by atoms with Crippen molar-refractivity contribution in [1.29, 1.82) is 0 Å². The number of imide groups is 1. The number of nitrogens with one attached hydrogen (secondary N) is 1. The molecule has 2 amide bonds. The van der Waals surface area contributed by atoms with Gasteiger partial charge < -0.3 is 14.8 Å². The number of esters is 2. The van der Waals surface area contributed by atoms with Crippen molar-refractivity contribution in [1.82, 2.24) is 0 Å². The number of aryl methyl sites for hydroxylation is 2. The molecule has 1 aliphatic heterocycles. The van der Waals surface area contributed by atoms with Crippen LogP contribution in [0, 0.1) is 13.8 Å². The maximum Gasteiger partial charge on any atom is 0.343 e. The second-order valence-corrected chi connectivity index (χ2v) is 8.38. The van der Waals surface area contributed by atoms with Crippen LogP contribution in [-0.4, -0.2) is 30.9 Å². The van der Waals surface area contributed by atoms with Crippen LogP contribution in [-0.2, 0) is 14.3 Å². The minimum absolute atomic E-state index is 0.0408. The maximum atomic E-state index is 13.1. The number of carbonyl (C=O) groups is 4. The molecule has 0 saturated heterocycles. The molecule has 3 aromatic rings. The zero-order valence-electron chi connectivity index (χ0n) is 19.6. The van der Waals surface area contributed by atoms with E-state index in [2.05, 4.69) is 5.32 Å². The van der Waals surface area contributed by atoms with Crippen LogP contribution in [0.1, 0.15) is 31.8 Å². The fourth-order valence-electron chi connectivity index (χ4n) is 3.69. The molecule has 0 saturated carbocycles. The highest BCUT2D eigenvalue weighted by molar-refractivity contribution is 6.53. The molecule has 4 rings (SSSR count). The van der Waals surface area contributed by atoms with Crippen LogP contribution in [0.4, 0.5) is 11.4 Å². The average Bonchev–Trinajstić information content (AvgIpc) is 3.08. The predicted octanol–water partition coefficient (Wildman–Crippen LogP) is 4.74. The lowest BCUT2D eigenvalue weighted by atomic mass is 10.1. The number of amides is 2. The third kappa shape index (κ3) is 4.71. The molecule has 0 atom stereocenters. The van der Waals surface area contributed by atoms with E-state index in [-0.39, 0.29) is 22.0 Å². The number of para-hydroxylation sites is 1. The van der Waals surface area contributed by atoms with Gasteiger partial charge in [0.1, 0.15) is 16.5 Å². The van der Waals surface area contributed by atoms with Crippen molar-refractivity contribution < 1.29 is 28.7 Å². The highest BCUT2D eigenvalue weighted by atomic mass is 35.5. The summed E-state index contributed by atoms with van der Waals surface area (Å²) in [6, 6.07) is 17.7. The van der Waals surface area contributed by atoms with E-state index in [1.165, 1.54) is 31.4 Å². The summed E-state index contributed by atoms with van der Waals surface area (Å²) in [6.07, 6.45) is 0. The van der Waals surface area contributed by atoms with E-state index in [1.54, 1.807) is 30.3 Å². The Labute approximate surface area is 212 Å². The Morgan fingerprint density at radius 3 is 2.25 bits per heavy atom. The summed E-state index contributed by atoms with van der Waals surface area (Å²) in [4.78, 5) is 51.4. The lowest BCUT2D eigenvalue weighted by Gasteiger charge is -2.17. The van der Waals surface area contributed by atoms with Crippen molar-refractivity contribution in [3.63, 3.8) is 0 Å². The Morgan fingerprint density at radius 2 is 1.58 bits per heavy atom. The molecule has 0 radical (unpaired) electrons. The van der Waals surface area contributed by atoms with Crippen molar-refractivity contribution in [2.45, 2.75) is 13.8 Å². The molecule has 0 aromatic heterocycles. The summed E-state index contributed by atoms with van der Waals surface area (Å²) in [5.74, 6) is -2.29. The molecular formula is C27H21ClN2O6. The van der Waals surface area contributed by atoms with E-state index in [0.717, 1.165) is 16.0 Å². The molecule has 3 aromatic carbocycles. The third-order valence-electron chi connectivity index (χ3n) is 5.50. The number of hydrogen-bond acceptors (Lipinski definition) is 7. The SMILES string of the molecule is COC(=O)c1ccccc1N1C(=O)C(Cl)=C(Nc2ccc(C(=O)Oc3ccc(C)cc3C)cc2)C1=O. The molecule has 1 heterocycles. The first-order chi connectivity index (χ1) is 17.2. The van der Waals surface area contributed by atoms with Crippen molar-refractivity contribution >= 4 is 46.7 Å². The number of rotatable bonds is 6. The Hall–Kier alpha value is -4.43. The maximum absolute atomic E-state index is 13.1. The largest absolute Gasteiger partial charge is 0.465 e. The number of ether oxygens (including phenoxy) is 2. The van der Waals surface area contributed by atoms with Crippen LogP contribution in [0.3, 0.4) is 0 Å². The van der Waals surface area contributed by atoms with Crippen LogP contribution in [0.15, 0.2) is 77.5 Å². The van der Waals surface area contributed by atoms with Gasteiger partial charge in [0.15, 0.2) is 0 Å². The minimum atomic E-state index is -0.783. The highest BCUT2D eigenvalue weighted by Gasteiger charge is 2.40. The summed E-state index contributed by atoms with van der Waals surface area (Å²) >= 11 is 6.20. The van der Waals surface area contributed by atoms with Gasteiger partial charge in [0.2, 0.25) is 0 Å². The zero-order chi connectivity index (χ0) is 26.0. The molecule has 0 aliphatic carbocycles. The van der Waals surface area contributed by atoms with Crippen LogP contribution in [0.25, 0.3) is 0 Å². The second-order valence-electron chi connectivity index (χ2n) is 8.00. The van der Waals surface area contributed by atoms with E-state index in [1.807, 2.05) is 26.0 Å². The number of methoxy groups -OCH3 is 1. The van der Waals surface area contributed by atoms with Crippen LogP contribution >= 0.6 is 11.6 Å². The summed E-state index contributed by atoms with van der Waals surface area (Å²) in [5, 5.41) is 2.50. The molecule has 1 N–H and O–H groups in total. The number of hydrogen-bond donors (Lipinski definition) is 1. The Morgan fingerprint density at radius 1 is 0.889 bits per heavy atom. The summed E-state index contributed by atoms with van der Waals surface area (Å²) < 4.78 is 10.2. The highest BCUT2D eigenvalue weighted by Crippen LogP contribution is 2.32. The van der Waals surface area contributed by atoms with Crippen molar-refractivity contribution in [3.8, 4) is 5.75 Å². The lowest BCUT2D eigenvalue weighted by molar-refractivity contribution is -0.120. The van der Waals surface area contributed by atoms with Gasteiger partial charge in [-0.15, -0.1) is 0 Å². The zero-order valence-corrected chi connectivity index (χ0v) is 20.4. The first-order valence-corrected chi connectivity index (χ1v) is 11.2. The molecule has 0 bridgehead atoms. The smallest absolute Gasteiger partial charge is 0.343 e. The normalized spacial score (nSPS) is 13.2. The molecule has 0 unspecified atom stereocenters. The topological polar surface area (TPSA) is 102 Å². The molecule has 182 valence electrons. The number of halogens is 1. The fourth-order valence-corrected chi connectivity index (χ4v) is 3.90. The Balaban J connectivity index is 1.52. The molecule has 0 spiro atoms. The Kier molecular flexibility index (Phi) is 6.89. The third-order valence-corrected chi connectivity index (χ3v) is 5.85. The van der Waals surface area contributed by atoms with Crippen molar-refractivity contribution in [2.24, 2.45) is 0 Å². The van der Waals surface area contributed by atoms with E-state index < -0.39 is 23.8 Å². The summed E-state index contributed by atoms with van der Waals surface area (Å²) in [7, 11) is 1.20. The van der Waals surface area contributed by atoms with E-state index >= 15 is 0 Å². The minimum Gasteiger partial charge on any atom is -0.465 e. The van der Waals surface area contributed by atoms with Crippen LogP contribution < -0.4 is 15.0 Å². The fraction of sp³-hybridized carbons (Fsp3) is 0.111. The van der Waals surface area contributed by atoms with Crippen LogP contribution in [0.5, 0.6) is 5.75 Å². The quantitative estimate of drug-likeness (QED) is 0.294. The molecule has 0 fully saturated rings. The van der Waals surface area contributed by atoms with Gasteiger partial charge in [0.05, 0.1) is 23.9 Å². The molecule has 36 heavy (non-hydrogen) atoms. The monoisotopic (exact) mass is 504 g/mol. The van der Waals surface area contributed by atoms with Gasteiger partial charge in [-0.05, 0) is 61.9 Å². The van der Waals surface area contributed by atoms with Gasteiger partial charge in [-0.3, -0.25) is 9.59 Å². The molecule has 9 heteroatoms. The van der Waals surface area contributed by atoms with Gasteiger partial charge in [-0.2, -0.15) is 0 Å². The number of benzene rings is 3. The molecule has 1 aliphatic rings. The molecular weight excluding hydrogens is 484 g/mol. The average molecular weight is 505 g/mol. The first-order valence-electron chi connectivity index (χ1n) is 10.8. The van der Waals surface area contributed by atoms with E-state index in [0.29, 0.717) is 17.0 Å². The van der Waals surface area contributed by atoms with Gasteiger partial charge >= 0.3 is 11.9 Å². The second kappa shape index (κ2) is 10.1. The number of anilines is 2. The summed E-state index contributed by atoms with van der Waals surface area (Å²) in [5.41, 5.74) is 2.54. The molecule has 8 nitrogen and oxygen atoms in total.